The molecule has 0 rings (SSSR count). The number of rotatable bonds is 3. The number of allylic oxidation sites excluding steroid dienone is 3. The van der Waals surface area contributed by atoms with Crippen molar-refractivity contribution in [3.05, 3.63) is 23.8 Å². The van der Waals surface area contributed by atoms with Gasteiger partial charge in [0.2, 0.25) is 0 Å². The van der Waals surface area contributed by atoms with Crippen LogP contribution in [0.4, 0.5) is 0 Å². The first-order valence-electron chi connectivity index (χ1n) is 3.95. The molecule has 0 bridgehead atoms. The molecule has 0 fully saturated rings. The van der Waals surface area contributed by atoms with E-state index in [1.165, 1.54) is 11.1 Å². The minimum atomic E-state index is 0.660. The Kier molecular flexibility index (Phi) is 4.10. The first kappa shape index (κ1) is 9.48. The van der Waals surface area contributed by atoms with Crippen molar-refractivity contribution in [1.29, 1.82) is 0 Å². The van der Waals surface area contributed by atoms with E-state index in [0.29, 0.717) is 5.92 Å². The van der Waals surface area contributed by atoms with Gasteiger partial charge in [0, 0.05) is 0 Å². The van der Waals surface area contributed by atoms with Crippen molar-refractivity contribution in [1.82, 2.24) is 0 Å². The van der Waals surface area contributed by atoms with E-state index in [4.69, 9.17) is 0 Å². The highest BCUT2D eigenvalue weighted by molar-refractivity contribution is 5.23. The first-order valence-corrected chi connectivity index (χ1v) is 3.95. The Morgan fingerprint density at radius 3 is 2.10 bits per heavy atom. The fraction of sp³-hybridized carbons (Fsp3) is 0.600. The van der Waals surface area contributed by atoms with Gasteiger partial charge in [0.05, 0.1) is 0 Å². The lowest BCUT2D eigenvalue weighted by Crippen LogP contribution is -1.92. The van der Waals surface area contributed by atoms with E-state index in [1.54, 1.807) is 0 Å². The molecule has 0 unspecified atom stereocenters. The minimum Gasteiger partial charge on any atom is -0.0988 e. The molecule has 0 amide bonds. The van der Waals surface area contributed by atoms with E-state index in [2.05, 4.69) is 34.3 Å². The highest BCUT2D eigenvalue weighted by Gasteiger charge is 1.99. The Morgan fingerprint density at radius 1 is 1.50 bits per heavy atom. The summed E-state index contributed by atoms with van der Waals surface area (Å²) in [6.07, 6.45) is 3.07. The zero-order valence-electron chi connectivity index (χ0n) is 7.57. The number of hydrogen-bond acceptors (Lipinski definition) is 0. The Labute approximate surface area is 64.6 Å². The Hall–Kier alpha value is -0.520. The van der Waals surface area contributed by atoms with Crippen LogP contribution in [0.25, 0.3) is 0 Å². The fourth-order valence-electron chi connectivity index (χ4n) is 0.955. The van der Waals surface area contributed by atoms with Gasteiger partial charge in [-0.05, 0) is 24.8 Å². The number of hydrogen-bond donors (Lipinski definition) is 0. The van der Waals surface area contributed by atoms with E-state index in [-0.39, 0.29) is 0 Å². The molecule has 0 atom stereocenters. The normalized spacial score (nSPS) is 13.3. The highest BCUT2D eigenvalue weighted by Crippen LogP contribution is 2.16. The predicted octanol–water partition coefficient (Wildman–Crippen LogP) is 3.55. The van der Waals surface area contributed by atoms with Crippen LogP contribution < -0.4 is 0 Å². The molecule has 10 heavy (non-hydrogen) atoms. The van der Waals surface area contributed by atoms with Crippen LogP contribution in [0.2, 0.25) is 0 Å². The monoisotopic (exact) mass is 138 g/mol. The van der Waals surface area contributed by atoms with Gasteiger partial charge >= 0.3 is 0 Å². The standard InChI is InChI=1S/C10H18/c1-6-10(7-2)9(5)8(3)4/h6,8H,1,7H2,2-5H3/b10-9+. The van der Waals surface area contributed by atoms with E-state index in [1.807, 2.05) is 6.08 Å². The second-order valence-electron chi connectivity index (χ2n) is 2.92. The molecule has 0 radical (unpaired) electrons. The molecule has 58 valence electrons. The fourth-order valence-corrected chi connectivity index (χ4v) is 0.955. The molecule has 0 nitrogen and oxygen atoms in total. The van der Waals surface area contributed by atoms with Crippen LogP contribution in [0, 0.1) is 5.92 Å². The maximum atomic E-state index is 3.78. The third-order valence-corrected chi connectivity index (χ3v) is 2.00. The molecular weight excluding hydrogens is 120 g/mol. The molecule has 0 spiro atoms. The smallest absolute Gasteiger partial charge is 0.0257 e. The van der Waals surface area contributed by atoms with Crippen molar-refractivity contribution in [2.24, 2.45) is 5.92 Å². The van der Waals surface area contributed by atoms with Crippen molar-refractivity contribution in [3.8, 4) is 0 Å². The minimum absolute atomic E-state index is 0.660. The van der Waals surface area contributed by atoms with Gasteiger partial charge in [-0.1, -0.05) is 39.0 Å². The molecule has 0 aliphatic rings. The van der Waals surface area contributed by atoms with Gasteiger partial charge in [-0.25, -0.2) is 0 Å². The Morgan fingerprint density at radius 2 is 2.00 bits per heavy atom. The van der Waals surface area contributed by atoms with Gasteiger partial charge in [0.1, 0.15) is 0 Å². The van der Waals surface area contributed by atoms with Gasteiger partial charge in [0.15, 0.2) is 0 Å². The zero-order chi connectivity index (χ0) is 8.15. The van der Waals surface area contributed by atoms with Crippen LogP contribution in [-0.4, -0.2) is 0 Å². The lowest BCUT2D eigenvalue weighted by Gasteiger charge is -2.09. The van der Waals surface area contributed by atoms with E-state index < -0.39 is 0 Å². The van der Waals surface area contributed by atoms with Crippen LogP contribution in [-0.2, 0) is 0 Å². The molecule has 0 saturated carbocycles. The summed E-state index contributed by atoms with van der Waals surface area (Å²) >= 11 is 0. The van der Waals surface area contributed by atoms with Gasteiger partial charge < -0.3 is 0 Å². The van der Waals surface area contributed by atoms with Gasteiger partial charge in [0.25, 0.3) is 0 Å². The highest BCUT2D eigenvalue weighted by atomic mass is 14.1. The summed E-state index contributed by atoms with van der Waals surface area (Å²) in [5.41, 5.74) is 2.87. The molecule has 0 aliphatic carbocycles. The van der Waals surface area contributed by atoms with Crippen LogP contribution in [0.1, 0.15) is 34.1 Å². The van der Waals surface area contributed by atoms with Crippen molar-refractivity contribution in [2.45, 2.75) is 34.1 Å². The molecule has 0 aromatic heterocycles. The summed E-state index contributed by atoms with van der Waals surface area (Å²) in [6.45, 7) is 12.6. The van der Waals surface area contributed by atoms with Crippen molar-refractivity contribution in [2.75, 3.05) is 0 Å². The first-order chi connectivity index (χ1) is 4.63. The summed E-state index contributed by atoms with van der Waals surface area (Å²) in [4.78, 5) is 0. The van der Waals surface area contributed by atoms with Crippen LogP contribution in [0.15, 0.2) is 23.8 Å². The van der Waals surface area contributed by atoms with Gasteiger partial charge in [-0.2, -0.15) is 0 Å². The SMILES string of the molecule is C=C/C(CC)=C(/C)C(C)C. The third kappa shape index (κ3) is 2.38. The summed E-state index contributed by atoms with van der Waals surface area (Å²) in [7, 11) is 0. The molecule has 0 aromatic rings. The summed E-state index contributed by atoms with van der Waals surface area (Å²) in [6, 6.07) is 0. The van der Waals surface area contributed by atoms with Crippen molar-refractivity contribution >= 4 is 0 Å². The topological polar surface area (TPSA) is 0 Å². The quantitative estimate of drug-likeness (QED) is 0.523. The average molecular weight is 138 g/mol. The zero-order valence-corrected chi connectivity index (χ0v) is 7.57. The Balaban J connectivity index is 4.42. The van der Waals surface area contributed by atoms with E-state index >= 15 is 0 Å². The van der Waals surface area contributed by atoms with Crippen LogP contribution in [0.5, 0.6) is 0 Å². The summed E-state index contributed by atoms with van der Waals surface area (Å²) < 4.78 is 0. The molecule has 0 N–H and O–H groups in total. The molecule has 0 aliphatic heterocycles. The predicted molar refractivity (Wildman–Crippen MR) is 48.0 cm³/mol. The van der Waals surface area contributed by atoms with Crippen molar-refractivity contribution in [3.63, 3.8) is 0 Å². The van der Waals surface area contributed by atoms with Crippen molar-refractivity contribution < 1.29 is 0 Å². The molecule has 0 heterocycles. The Bertz CT molecular complexity index is 138. The van der Waals surface area contributed by atoms with Gasteiger partial charge in [-0.3, -0.25) is 0 Å². The largest absolute Gasteiger partial charge is 0.0988 e. The molecular formula is C10H18. The van der Waals surface area contributed by atoms with E-state index in [0.717, 1.165) is 6.42 Å². The maximum Gasteiger partial charge on any atom is -0.0257 e. The third-order valence-electron chi connectivity index (χ3n) is 2.00. The van der Waals surface area contributed by atoms with Crippen LogP contribution in [0.3, 0.4) is 0 Å². The lowest BCUT2D eigenvalue weighted by atomic mass is 9.97. The van der Waals surface area contributed by atoms with Gasteiger partial charge in [-0.15, -0.1) is 0 Å². The molecule has 0 aromatic carbocycles. The van der Waals surface area contributed by atoms with Crippen LogP contribution >= 0.6 is 0 Å². The maximum absolute atomic E-state index is 3.78. The second kappa shape index (κ2) is 4.32. The summed E-state index contributed by atoms with van der Waals surface area (Å²) in [5, 5.41) is 0. The molecule has 0 heteroatoms. The average Bonchev–Trinajstić information content (AvgIpc) is 1.90. The molecule has 0 saturated heterocycles. The summed E-state index contributed by atoms with van der Waals surface area (Å²) in [5.74, 6) is 0.660. The second-order valence-corrected chi connectivity index (χ2v) is 2.92. The van der Waals surface area contributed by atoms with E-state index in [9.17, 15) is 0 Å². The lowest BCUT2D eigenvalue weighted by molar-refractivity contribution is 0.754.